The van der Waals surface area contributed by atoms with Gasteiger partial charge in [0, 0.05) is 25.3 Å². The van der Waals surface area contributed by atoms with E-state index in [0.29, 0.717) is 18.7 Å². The molecule has 1 aliphatic rings. The summed E-state index contributed by atoms with van der Waals surface area (Å²) in [5.74, 6) is 0. The van der Waals surface area contributed by atoms with E-state index in [9.17, 15) is 8.42 Å². The van der Waals surface area contributed by atoms with Gasteiger partial charge >= 0.3 is 0 Å². The monoisotopic (exact) mass is 288 g/mol. The Balaban J connectivity index is 2.07. The molecule has 19 heavy (non-hydrogen) atoms. The average Bonchev–Trinajstić information content (AvgIpc) is 2.98. The standard InChI is InChI=1S/C11H20N4O3S/c1-11(4-3-5-18-11)8-14-19(16,17)10-9(6-12-2)7-13-15-10/h7,12,14H,3-6,8H2,1-2H3,(H,13,15). The Labute approximate surface area is 113 Å². The van der Waals surface area contributed by atoms with Gasteiger partial charge in [-0.3, -0.25) is 5.10 Å². The van der Waals surface area contributed by atoms with Crippen molar-refractivity contribution in [1.29, 1.82) is 0 Å². The van der Waals surface area contributed by atoms with Gasteiger partial charge in [0.05, 0.1) is 11.8 Å². The molecule has 1 aromatic heterocycles. The molecule has 1 aromatic rings. The number of sulfonamides is 1. The van der Waals surface area contributed by atoms with E-state index >= 15 is 0 Å². The van der Waals surface area contributed by atoms with Crippen molar-refractivity contribution in [2.45, 2.75) is 36.9 Å². The Morgan fingerprint density at radius 1 is 1.58 bits per heavy atom. The van der Waals surface area contributed by atoms with E-state index in [1.165, 1.54) is 6.20 Å². The molecule has 0 aromatic carbocycles. The van der Waals surface area contributed by atoms with E-state index in [-0.39, 0.29) is 11.6 Å². The Morgan fingerprint density at radius 2 is 2.37 bits per heavy atom. The Morgan fingerprint density at radius 3 is 3.00 bits per heavy atom. The van der Waals surface area contributed by atoms with Crippen LogP contribution in [0.15, 0.2) is 11.2 Å². The molecule has 1 unspecified atom stereocenters. The van der Waals surface area contributed by atoms with Gasteiger partial charge in [0.2, 0.25) is 0 Å². The van der Waals surface area contributed by atoms with Crippen LogP contribution < -0.4 is 10.0 Å². The van der Waals surface area contributed by atoms with Crippen LogP contribution in [0.3, 0.4) is 0 Å². The lowest BCUT2D eigenvalue weighted by atomic mass is 10.0. The maximum Gasteiger partial charge on any atom is 0.257 e. The minimum Gasteiger partial charge on any atom is -0.374 e. The van der Waals surface area contributed by atoms with Crippen molar-refractivity contribution >= 4 is 10.0 Å². The molecule has 0 saturated carbocycles. The zero-order chi connectivity index (χ0) is 13.9. The normalized spacial score (nSPS) is 23.9. The molecule has 7 nitrogen and oxygen atoms in total. The molecule has 2 heterocycles. The van der Waals surface area contributed by atoms with Crippen molar-refractivity contribution in [3.05, 3.63) is 11.8 Å². The predicted octanol–water partition coefficient (Wildman–Crippen LogP) is -0.0235. The number of nitrogens with one attached hydrogen (secondary N) is 3. The van der Waals surface area contributed by atoms with Crippen LogP contribution in [0.4, 0.5) is 0 Å². The summed E-state index contributed by atoms with van der Waals surface area (Å²) in [6, 6.07) is 0. The first-order valence-electron chi connectivity index (χ1n) is 6.27. The third-order valence-electron chi connectivity index (χ3n) is 3.25. The fraction of sp³-hybridized carbons (Fsp3) is 0.727. The smallest absolute Gasteiger partial charge is 0.257 e. The second-order valence-electron chi connectivity index (χ2n) is 4.98. The predicted molar refractivity (Wildman–Crippen MR) is 70.1 cm³/mol. The molecular weight excluding hydrogens is 268 g/mol. The van der Waals surface area contributed by atoms with E-state index in [2.05, 4.69) is 20.2 Å². The Hall–Kier alpha value is -0.960. The number of H-pyrrole nitrogens is 1. The summed E-state index contributed by atoms with van der Waals surface area (Å²) >= 11 is 0. The van der Waals surface area contributed by atoms with Crippen LogP contribution in [0.1, 0.15) is 25.3 Å². The second kappa shape index (κ2) is 5.58. The molecule has 0 radical (unpaired) electrons. The molecule has 8 heteroatoms. The number of rotatable bonds is 6. The molecule has 1 atom stereocenters. The van der Waals surface area contributed by atoms with Crippen LogP contribution in [0.2, 0.25) is 0 Å². The summed E-state index contributed by atoms with van der Waals surface area (Å²) in [6.45, 7) is 3.32. The van der Waals surface area contributed by atoms with E-state index in [1.54, 1.807) is 7.05 Å². The lowest BCUT2D eigenvalue weighted by Gasteiger charge is -2.23. The number of ether oxygens (including phenoxy) is 1. The van der Waals surface area contributed by atoms with Crippen LogP contribution in [0.25, 0.3) is 0 Å². The van der Waals surface area contributed by atoms with Crippen LogP contribution in [0.5, 0.6) is 0 Å². The van der Waals surface area contributed by atoms with Crippen molar-refractivity contribution in [3.8, 4) is 0 Å². The van der Waals surface area contributed by atoms with Gasteiger partial charge in [-0.1, -0.05) is 0 Å². The van der Waals surface area contributed by atoms with Gasteiger partial charge in [0.1, 0.15) is 0 Å². The fourth-order valence-corrected chi connectivity index (χ4v) is 3.43. The Kier molecular flexibility index (Phi) is 4.24. The van der Waals surface area contributed by atoms with Crippen molar-refractivity contribution in [1.82, 2.24) is 20.2 Å². The largest absolute Gasteiger partial charge is 0.374 e. The number of hydrogen-bond donors (Lipinski definition) is 3. The first kappa shape index (κ1) is 14.4. The molecule has 0 aliphatic carbocycles. The van der Waals surface area contributed by atoms with Gasteiger partial charge in [-0.25, -0.2) is 13.1 Å². The van der Waals surface area contributed by atoms with Crippen LogP contribution >= 0.6 is 0 Å². The van der Waals surface area contributed by atoms with Gasteiger partial charge in [0.15, 0.2) is 5.03 Å². The molecule has 0 spiro atoms. The van der Waals surface area contributed by atoms with E-state index in [4.69, 9.17) is 4.74 Å². The SMILES string of the molecule is CNCc1cn[nH]c1S(=O)(=O)NCC1(C)CCCO1. The van der Waals surface area contributed by atoms with Crippen molar-refractivity contribution in [3.63, 3.8) is 0 Å². The molecule has 1 saturated heterocycles. The number of nitrogens with zero attached hydrogens (tertiary/aromatic N) is 1. The first-order valence-corrected chi connectivity index (χ1v) is 7.76. The molecular formula is C11H20N4O3S. The second-order valence-corrected chi connectivity index (χ2v) is 6.68. The zero-order valence-electron chi connectivity index (χ0n) is 11.2. The van der Waals surface area contributed by atoms with Gasteiger partial charge in [-0.15, -0.1) is 0 Å². The lowest BCUT2D eigenvalue weighted by Crippen LogP contribution is -2.40. The summed E-state index contributed by atoms with van der Waals surface area (Å²) in [7, 11) is -1.83. The highest BCUT2D eigenvalue weighted by atomic mass is 32.2. The highest BCUT2D eigenvalue weighted by Crippen LogP contribution is 2.24. The van der Waals surface area contributed by atoms with Gasteiger partial charge in [-0.2, -0.15) is 5.10 Å². The maximum atomic E-state index is 12.2. The van der Waals surface area contributed by atoms with Crippen LogP contribution in [-0.4, -0.2) is 44.4 Å². The summed E-state index contributed by atoms with van der Waals surface area (Å²) in [4.78, 5) is 0. The fourth-order valence-electron chi connectivity index (χ4n) is 2.14. The molecule has 0 amide bonds. The third kappa shape index (κ3) is 3.33. The number of hydrogen-bond acceptors (Lipinski definition) is 5. The highest BCUT2D eigenvalue weighted by molar-refractivity contribution is 7.89. The van der Waals surface area contributed by atoms with Crippen LogP contribution in [-0.2, 0) is 21.3 Å². The number of aromatic nitrogens is 2. The topological polar surface area (TPSA) is 96.1 Å². The summed E-state index contributed by atoms with van der Waals surface area (Å²) < 4.78 is 32.6. The lowest BCUT2D eigenvalue weighted by molar-refractivity contribution is 0.0250. The van der Waals surface area contributed by atoms with E-state index in [1.807, 2.05) is 6.92 Å². The van der Waals surface area contributed by atoms with E-state index in [0.717, 1.165) is 12.8 Å². The van der Waals surface area contributed by atoms with Crippen molar-refractivity contribution in [2.24, 2.45) is 0 Å². The van der Waals surface area contributed by atoms with Crippen molar-refractivity contribution < 1.29 is 13.2 Å². The minimum atomic E-state index is -3.58. The van der Waals surface area contributed by atoms with Crippen molar-refractivity contribution in [2.75, 3.05) is 20.2 Å². The van der Waals surface area contributed by atoms with Gasteiger partial charge in [0.25, 0.3) is 10.0 Å². The molecule has 1 aliphatic heterocycles. The zero-order valence-corrected chi connectivity index (χ0v) is 12.0. The third-order valence-corrected chi connectivity index (χ3v) is 4.67. The number of aromatic amines is 1. The maximum absolute atomic E-state index is 12.2. The minimum absolute atomic E-state index is 0.114. The quantitative estimate of drug-likeness (QED) is 0.683. The van der Waals surface area contributed by atoms with E-state index < -0.39 is 15.6 Å². The van der Waals surface area contributed by atoms with Gasteiger partial charge in [-0.05, 0) is 26.8 Å². The van der Waals surface area contributed by atoms with Crippen LogP contribution in [0, 0.1) is 0 Å². The highest BCUT2D eigenvalue weighted by Gasteiger charge is 2.32. The summed E-state index contributed by atoms with van der Waals surface area (Å²) in [6.07, 6.45) is 3.34. The summed E-state index contributed by atoms with van der Waals surface area (Å²) in [5, 5.41) is 9.35. The molecule has 0 bridgehead atoms. The average molecular weight is 288 g/mol. The van der Waals surface area contributed by atoms with Gasteiger partial charge < -0.3 is 10.1 Å². The molecule has 1 fully saturated rings. The summed E-state index contributed by atoms with van der Waals surface area (Å²) in [5.41, 5.74) is 0.212. The Bertz CT molecular complexity index is 520. The molecule has 2 rings (SSSR count). The molecule has 108 valence electrons. The molecule has 3 N–H and O–H groups in total. The first-order chi connectivity index (χ1) is 8.97.